The van der Waals surface area contributed by atoms with Gasteiger partial charge < -0.3 is 10.6 Å². The number of carbonyl (C=O) groups excluding carboxylic acids is 1. The van der Waals surface area contributed by atoms with E-state index in [-0.39, 0.29) is 11.9 Å². The summed E-state index contributed by atoms with van der Waals surface area (Å²) in [6, 6.07) is 13.3. The van der Waals surface area contributed by atoms with Crippen molar-refractivity contribution in [2.75, 3.05) is 12.4 Å². The Morgan fingerprint density at radius 2 is 1.81 bits per heavy atom. The molecule has 1 unspecified atom stereocenters. The summed E-state index contributed by atoms with van der Waals surface area (Å²) in [7, 11) is 1.78. The monoisotopic (exact) mass is 302 g/mol. The first-order valence-corrected chi connectivity index (χ1v) is 7.24. The first-order chi connectivity index (χ1) is 10.0. The normalized spacial score (nSPS) is 11.8. The Hall–Kier alpha value is -2.00. The fourth-order valence-electron chi connectivity index (χ4n) is 2.14. The van der Waals surface area contributed by atoms with Gasteiger partial charge in [-0.2, -0.15) is 0 Å². The Morgan fingerprint density at radius 3 is 2.43 bits per heavy atom. The van der Waals surface area contributed by atoms with Gasteiger partial charge in [-0.3, -0.25) is 4.79 Å². The van der Waals surface area contributed by atoms with Gasteiger partial charge in [-0.05, 0) is 37.6 Å². The molecule has 0 aromatic heterocycles. The zero-order valence-electron chi connectivity index (χ0n) is 12.4. The van der Waals surface area contributed by atoms with Crippen LogP contribution in [-0.4, -0.2) is 13.0 Å². The van der Waals surface area contributed by atoms with Crippen LogP contribution in [0.2, 0.25) is 5.02 Å². The van der Waals surface area contributed by atoms with Crippen LogP contribution >= 0.6 is 11.6 Å². The van der Waals surface area contributed by atoms with E-state index in [0.717, 1.165) is 11.3 Å². The average Bonchev–Trinajstić information content (AvgIpc) is 2.47. The molecule has 0 saturated carbocycles. The SMILES string of the molecule is CNc1ccc(Cl)cc1C(=O)NC(C)c1ccc(C)cc1. The van der Waals surface area contributed by atoms with Crippen molar-refractivity contribution in [2.24, 2.45) is 0 Å². The Balaban J connectivity index is 2.17. The number of carbonyl (C=O) groups is 1. The second kappa shape index (κ2) is 6.64. The fourth-order valence-corrected chi connectivity index (χ4v) is 2.31. The summed E-state index contributed by atoms with van der Waals surface area (Å²) >= 11 is 5.98. The van der Waals surface area contributed by atoms with Gasteiger partial charge in [0.2, 0.25) is 0 Å². The molecule has 2 rings (SSSR count). The molecule has 0 radical (unpaired) electrons. The highest BCUT2D eigenvalue weighted by atomic mass is 35.5. The molecule has 110 valence electrons. The van der Waals surface area contributed by atoms with Crippen LogP contribution in [-0.2, 0) is 0 Å². The van der Waals surface area contributed by atoms with Gasteiger partial charge in [-0.15, -0.1) is 0 Å². The topological polar surface area (TPSA) is 41.1 Å². The highest BCUT2D eigenvalue weighted by Gasteiger charge is 2.15. The molecule has 0 saturated heterocycles. The molecule has 0 fully saturated rings. The molecule has 2 N–H and O–H groups in total. The van der Waals surface area contributed by atoms with Crippen LogP contribution in [0.3, 0.4) is 0 Å². The zero-order chi connectivity index (χ0) is 15.4. The molecule has 0 aliphatic rings. The predicted molar refractivity (Wildman–Crippen MR) is 88.1 cm³/mol. The van der Waals surface area contributed by atoms with Gasteiger partial charge in [0, 0.05) is 17.8 Å². The molecular weight excluding hydrogens is 284 g/mol. The van der Waals surface area contributed by atoms with Crippen molar-refractivity contribution in [2.45, 2.75) is 19.9 Å². The van der Waals surface area contributed by atoms with Crippen molar-refractivity contribution in [3.8, 4) is 0 Å². The van der Waals surface area contributed by atoms with E-state index in [1.165, 1.54) is 5.56 Å². The number of nitrogens with one attached hydrogen (secondary N) is 2. The summed E-state index contributed by atoms with van der Waals surface area (Å²) in [5.41, 5.74) is 3.57. The molecule has 2 aromatic carbocycles. The minimum absolute atomic E-state index is 0.0678. The maximum atomic E-state index is 12.4. The summed E-state index contributed by atoms with van der Waals surface area (Å²) in [6.07, 6.45) is 0. The third kappa shape index (κ3) is 3.76. The lowest BCUT2D eigenvalue weighted by atomic mass is 10.1. The maximum Gasteiger partial charge on any atom is 0.253 e. The van der Waals surface area contributed by atoms with Crippen LogP contribution in [0.5, 0.6) is 0 Å². The van der Waals surface area contributed by atoms with Crippen LogP contribution < -0.4 is 10.6 Å². The Morgan fingerprint density at radius 1 is 1.14 bits per heavy atom. The van der Waals surface area contributed by atoms with Crippen LogP contribution in [0.4, 0.5) is 5.69 Å². The van der Waals surface area contributed by atoms with Crippen LogP contribution in [0.25, 0.3) is 0 Å². The number of hydrogen-bond donors (Lipinski definition) is 2. The second-order valence-corrected chi connectivity index (χ2v) is 5.48. The summed E-state index contributed by atoms with van der Waals surface area (Å²) in [4.78, 5) is 12.4. The van der Waals surface area contributed by atoms with Crippen LogP contribution in [0, 0.1) is 6.92 Å². The van der Waals surface area contributed by atoms with E-state index in [2.05, 4.69) is 10.6 Å². The molecule has 0 heterocycles. The molecule has 0 aliphatic carbocycles. The van der Waals surface area contributed by atoms with E-state index in [1.807, 2.05) is 38.1 Å². The quantitative estimate of drug-likeness (QED) is 0.889. The molecule has 1 amide bonds. The van der Waals surface area contributed by atoms with E-state index in [9.17, 15) is 4.79 Å². The van der Waals surface area contributed by atoms with Gasteiger partial charge in [0.15, 0.2) is 0 Å². The molecule has 2 aromatic rings. The van der Waals surface area contributed by atoms with Gasteiger partial charge in [-0.1, -0.05) is 41.4 Å². The third-order valence-electron chi connectivity index (χ3n) is 3.42. The molecule has 0 aliphatic heterocycles. The standard InChI is InChI=1S/C17H19ClN2O/c1-11-4-6-13(7-5-11)12(2)20-17(21)15-10-14(18)8-9-16(15)19-3/h4-10,12,19H,1-3H3,(H,20,21). The molecule has 3 nitrogen and oxygen atoms in total. The number of anilines is 1. The third-order valence-corrected chi connectivity index (χ3v) is 3.66. The van der Waals surface area contributed by atoms with E-state index in [1.54, 1.807) is 25.2 Å². The Labute approximate surface area is 130 Å². The summed E-state index contributed by atoms with van der Waals surface area (Å²) in [5.74, 6) is -0.144. The van der Waals surface area contributed by atoms with Crippen LogP contribution in [0.15, 0.2) is 42.5 Å². The van der Waals surface area contributed by atoms with Gasteiger partial charge in [-0.25, -0.2) is 0 Å². The van der Waals surface area contributed by atoms with Crippen molar-refractivity contribution in [1.82, 2.24) is 5.32 Å². The van der Waals surface area contributed by atoms with Gasteiger partial charge in [0.05, 0.1) is 11.6 Å². The number of hydrogen-bond acceptors (Lipinski definition) is 2. The highest BCUT2D eigenvalue weighted by Crippen LogP contribution is 2.21. The molecule has 21 heavy (non-hydrogen) atoms. The van der Waals surface area contributed by atoms with Gasteiger partial charge >= 0.3 is 0 Å². The van der Waals surface area contributed by atoms with E-state index in [4.69, 9.17) is 11.6 Å². The van der Waals surface area contributed by atoms with Gasteiger partial charge in [0.25, 0.3) is 5.91 Å². The first kappa shape index (κ1) is 15.4. The van der Waals surface area contributed by atoms with Crippen LogP contribution in [0.1, 0.15) is 34.5 Å². The van der Waals surface area contributed by atoms with E-state index < -0.39 is 0 Å². The summed E-state index contributed by atoms with van der Waals surface area (Å²) in [6.45, 7) is 4.00. The van der Waals surface area contributed by atoms with Crippen molar-refractivity contribution < 1.29 is 4.79 Å². The zero-order valence-corrected chi connectivity index (χ0v) is 13.2. The summed E-state index contributed by atoms with van der Waals surface area (Å²) < 4.78 is 0. The van der Waals surface area contributed by atoms with E-state index >= 15 is 0 Å². The molecular formula is C17H19ClN2O. The lowest BCUT2D eigenvalue weighted by Crippen LogP contribution is -2.27. The lowest BCUT2D eigenvalue weighted by molar-refractivity contribution is 0.0940. The Kier molecular flexibility index (Phi) is 4.86. The predicted octanol–water partition coefficient (Wildman–Crippen LogP) is 4.18. The lowest BCUT2D eigenvalue weighted by Gasteiger charge is -2.16. The highest BCUT2D eigenvalue weighted by molar-refractivity contribution is 6.31. The average molecular weight is 303 g/mol. The fraction of sp³-hybridized carbons (Fsp3) is 0.235. The number of halogens is 1. The van der Waals surface area contributed by atoms with E-state index in [0.29, 0.717) is 10.6 Å². The number of amides is 1. The minimum atomic E-state index is -0.144. The van der Waals surface area contributed by atoms with Crippen molar-refractivity contribution >= 4 is 23.2 Å². The minimum Gasteiger partial charge on any atom is -0.387 e. The second-order valence-electron chi connectivity index (χ2n) is 5.05. The first-order valence-electron chi connectivity index (χ1n) is 6.86. The summed E-state index contributed by atoms with van der Waals surface area (Å²) in [5, 5.41) is 6.54. The molecule has 0 bridgehead atoms. The number of aryl methyl sites for hydroxylation is 1. The maximum absolute atomic E-state index is 12.4. The number of benzene rings is 2. The number of rotatable bonds is 4. The Bertz CT molecular complexity index is 638. The molecule has 1 atom stereocenters. The van der Waals surface area contributed by atoms with Gasteiger partial charge in [0.1, 0.15) is 0 Å². The van der Waals surface area contributed by atoms with Crippen molar-refractivity contribution in [3.05, 3.63) is 64.2 Å². The van der Waals surface area contributed by atoms with Crippen molar-refractivity contribution in [1.29, 1.82) is 0 Å². The smallest absolute Gasteiger partial charge is 0.253 e. The molecule has 4 heteroatoms. The molecule has 0 spiro atoms. The van der Waals surface area contributed by atoms with Crippen molar-refractivity contribution in [3.63, 3.8) is 0 Å². The largest absolute Gasteiger partial charge is 0.387 e.